The van der Waals surface area contributed by atoms with Gasteiger partial charge in [-0.05, 0) is 49.6 Å². The Morgan fingerprint density at radius 1 is 1.15 bits per heavy atom. The molecule has 0 aromatic rings. The highest BCUT2D eigenvalue weighted by Crippen LogP contribution is 2.15. The molecular formula is C8H24O2SSi2. The summed E-state index contributed by atoms with van der Waals surface area (Å²) in [6.07, 6.45) is 1.09. The molecule has 0 radical (unpaired) electrons. The lowest BCUT2D eigenvalue weighted by Crippen LogP contribution is -2.38. The van der Waals surface area contributed by atoms with Crippen molar-refractivity contribution >= 4 is 32.2 Å². The Hall–Kier alpha value is 0.704. The summed E-state index contributed by atoms with van der Waals surface area (Å²) >= 11 is 4.18. The number of thiol groups is 1. The Morgan fingerprint density at radius 2 is 1.62 bits per heavy atom. The third-order valence-electron chi connectivity index (χ3n) is 1.69. The molecule has 0 saturated heterocycles. The molecule has 2 nitrogen and oxygen atoms in total. The summed E-state index contributed by atoms with van der Waals surface area (Å²) in [7, 11) is -1.82. The van der Waals surface area contributed by atoms with Crippen LogP contribution in [0, 0.1) is 0 Å². The van der Waals surface area contributed by atoms with Crippen molar-refractivity contribution in [2.45, 2.75) is 32.9 Å². The lowest BCUT2D eigenvalue weighted by molar-refractivity contribution is 0.189. The van der Waals surface area contributed by atoms with Crippen molar-refractivity contribution in [2.24, 2.45) is 0 Å². The van der Waals surface area contributed by atoms with Crippen LogP contribution < -0.4 is 0 Å². The summed E-state index contributed by atoms with van der Waals surface area (Å²) < 4.78 is 11.3. The highest BCUT2D eigenvalue weighted by Gasteiger charge is 2.29. The Bertz CT molecular complexity index is 108. The summed E-state index contributed by atoms with van der Waals surface area (Å²) in [6, 6.07) is 1.05. The van der Waals surface area contributed by atoms with Crippen LogP contribution in [0.25, 0.3) is 0 Å². The first-order valence-corrected chi connectivity index (χ1v) is 7.73. The Balaban J connectivity index is 0. The summed E-state index contributed by atoms with van der Waals surface area (Å²) in [5.41, 5.74) is 0. The van der Waals surface area contributed by atoms with E-state index in [1.165, 1.54) is 0 Å². The first-order valence-electron chi connectivity index (χ1n) is 4.57. The molecule has 0 aliphatic heterocycles. The normalized spacial score (nSPS) is 11.1. The largest absolute Gasteiger partial charge is 0.395 e. The van der Waals surface area contributed by atoms with Crippen LogP contribution in [0.1, 0.15) is 20.3 Å². The van der Waals surface area contributed by atoms with Gasteiger partial charge in [-0.3, -0.25) is 0 Å². The third kappa shape index (κ3) is 7.75. The van der Waals surface area contributed by atoms with E-state index < -0.39 is 8.56 Å². The molecule has 0 saturated carbocycles. The van der Waals surface area contributed by atoms with Gasteiger partial charge in [-0.1, -0.05) is 0 Å². The van der Waals surface area contributed by atoms with Crippen LogP contribution >= 0.6 is 12.6 Å². The van der Waals surface area contributed by atoms with Crippen molar-refractivity contribution in [3.8, 4) is 0 Å². The van der Waals surface area contributed by atoms with Crippen molar-refractivity contribution in [1.82, 2.24) is 0 Å². The van der Waals surface area contributed by atoms with Crippen LogP contribution in [-0.4, -0.2) is 38.5 Å². The standard InChI is InChI=1S/C8H20O2SSi.H4Si/c1-4-9-12(3,10-5-2)8-6-7-11;/h11H,4-8H2,1-3H3;1H4. The van der Waals surface area contributed by atoms with Crippen LogP contribution in [0.4, 0.5) is 0 Å². The van der Waals surface area contributed by atoms with Crippen molar-refractivity contribution in [2.75, 3.05) is 19.0 Å². The maximum Gasteiger partial charge on any atom is 0.334 e. The second-order valence-electron chi connectivity index (χ2n) is 2.83. The van der Waals surface area contributed by atoms with E-state index in [0.29, 0.717) is 0 Å². The maximum atomic E-state index is 5.65. The molecule has 82 valence electrons. The van der Waals surface area contributed by atoms with Crippen LogP contribution in [-0.2, 0) is 8.85 Å². The Kier molecular flexibility index (Phi) is 11.5. The first-order chi connectivity index (χ1) is 5.68. The van der Waals surface area contributed by atoms with Gasteiger partial charge in [0.1, 0.15) is 0 Å². The van der Waals surface area contributed by atoms with E-state index in [2.05, 4.69) is 19.2 Å². The quantitative estimate of drug-likeness (QED) is 0.529. The summed E-state index contributed by atoms with van der Waals surface area (Å²) in [6.45, 7) is 7.68. The van der Waals surface area contributed by atoms with Gasteiger partial charge in [-0.25, -0.2) is 0 Å². The second kappa shape index (κ2) is 9.27. The van der Waals surface area contributed by atoms with Gasteiger partial charge in [0.2, 0.25) is 0 Å². The van der Waals surface area contributed by atoms with E-state index in [0.717, 1.165) is 31.4 Å². The van der Waals surface area contributed by atoms with Gasteiger partial charge in [-0.15, -0.1) is 0 Å². The molecule has 0 rings (SSSR count). The highest BCUT2D eigenvalue weighted by molar-refractivity contribution is 7.80. The molecule has 0 aliphatic carbocycles. The molecule has 0 spiro atoms. The molecule has 5 heteroatoms. The average molecular weight is 241 g/mol. The smallest absolute Gasteiger partial charge is 0.334 e. The molecule has 0 atom stereocenters. The Morgan fingerprint density at radius 3 is 1.92 bits per heavy atom. The van der Waals surface area contributed by atoms with E-state index in [-0.39, 0.29) is 11.0 Å². The van der Waals surface area contributed by atoms with Crippen molar-refractivity contribution < 1.29 is 8.85 Å². The lowest BCUT2D eigenvalue weighted by Gasteiger charge is -2.25. The van der Waals surface area contributed by atoms with E-state index in [4.69, 9.17) is 8.85 Å². The predicted molar refractivity (Wildman–Crippen MR) is 69.5 cm³/mol. The van der Waals surface area contributed by atoms with Gasteiger partial charge in [0.25, 0.3) is 0 Å². The minimum Gasteiger partial charge on any atom is -0.395 e. The zero-order valence-corrected chi connectivity index (χ0v) is 10.2. The molecule has 0 heterocycles. The zero-order chi connectivity index (χ0) is 9.45. The van der Waals surface area contributed by atoms with E-state index >= 15 is 0 Å². The average Bonchev–Trinajstić information content (AvgIpc) is 2.02. The van der Waals surface area contributed by atoms with Crippen molar-refractivity contribution in [3.05, 3.63) is 0 Å². The van der Waals surface area contributed by atoms with Gasteiger partial charge in [0.15, 0.2) is 0 Å². The fourth-order valence-corrected chi connectivity index (χ4v) is 4.06. The SMILES string of the molecule is CCO[Si](C)(CCCS)OCC.[SiH4]. The van der Waals surface area contributed by atoms with E-state index in [1.807, 2.05) is 13.8 Å². The minimum absolute atomic E-state index is 0. The van der Waals surface area contributed by atoms with E-state index in [9.17, 15) is 0 Å². The minimum atomic E-state index is -1.82. The van der Waals surface area contributed by atoms with Gasteiger partial charge in [0.05, 0.1) is 0 Å². The Labute approximate surface area is 93.1 Å². The number of hydrogen-bond donors (Lipinski definition) is 1. The van der Waals surface area contributed by atoms with Crippen LogP contribution in [0.3, 0.4) is 0 Å². The molecule has 13 heavy (non-hydrogen) atoms. The molecule has 0 aromatic heterocycles. The summed E-state index contributed by atoms with van der Waals surface area (Å²) in [4.78, 5) is 0. The zero-order valence-electron chi connectivity index (χ0n) is 8.30. The molecule has 0 unspecified atom stereocenters. The van der Waals surface area contributed by atoms with Crippen LogP contribution in [0.5, 0.6) is 0 Å². The van der Waals surface area contributed by atoms with Crippen LogP contribution in [0.15, 0.2) is 0 Å². The topological polar surface area (TPSA) is 18.5 Å². The molecule has 0 amide bonds. The molecule has 0 N–H and O–H groups in total. The second-order valence-corrected chi connectivity index (χ2v) is 6.62. The fourth-order valence-electron chi connectivity index (χ4n) is 1.20. The maximum absolute atomic E-state index is 5.65. The monoisotopic (exact) mass is 240 g/mol. The highest BCUT2D eigenvalue weighted by atomic mass is 32.1. The number of rotatable bonds is 7. The molecule has 0 aliphatic rings. The first kappa shape index (κ1) is 16.1. The van der Waals surface area contributed by atoms with Crippen molar-refractivity contribution in [1.29, 1.82) is 0 Å². The molecule has 0 aromatic carbocycles. The van der Waals surface area contributed by atoms with Gasteiger partial charge in [0, 0.05) is 13.2 Å². The van der Waals surface area contributed by atoms with Gasteiger partial charge < -0.3 is 8.85 Å². The van der Waals surface area contributed by atoms with Crippen molar-refractivity contribution in [3.63, 3.8) is 0 Å². The summed E-state index contributed by atoms with van der Waals surface area (Å²) in [5.74, 6) is 0.919. The lowest BCUT2D eigenvalue weighted by atomic mass is 10.6. The molecule has 0 fully saturated rings. The third-order valence-corrected chi connectivity index (χ3v) is 5.07. The van der Waals surface area contributed by atoms with E-state index in [1.54, 1.807) is 0 Å². The molecular weight excluding hydrogens is 216 g/mol. The van der Waals surface area contributed by atoms with Crippen LogP contribution in [0.2, 0.25) is 12.6 Å². The molecule has 0 bridgehead atoms. The predicted octanol–water partition coefficient (Wildman–Crippen LogP) is 1.000. The van der Waals surface area contributed by atoms with Gasteiger partial charge >= 0.3 is 8.56 Å². The van der Waals surface area contributed by atoms with Gasteiger partial charge in [-0.2, -0.15) is 12.6 Å². The summed E-state index contributed by atoms with van der Waals surface area (Å²) in [5, 5.41) is 0. The fraction of sp³-hybridized carbons (Fsp3) is 1.00. The number of hydrogen-bond acceptors (Lipinski definition) is 3.